The van der Waals surface area contributed by atoms with Crippen molar-refractivity contribution in [3.8, 4) is 0 Å². The van der Waals surface area contributed by atoms with E-state index in [0.29, 0.717) is 19.6 Å². The van der Waals surface area contributed by atoms with Gasteiger partial charge in [0.25, 0.3) is 0 Å². The van der Waals surface area contributed by atoms with Crippen LogP contribution in [0.25, 0.3) is 0 Å². The molecular weight excluding hydrogens is 294 g/mol. The SMILES string of the molecule is CCOCCN(C)C(C)=Nc1ccc2c(c1)C(C(N)=O)C(O)C2. The van der Waals surface area contributed by atoms with Gasteiger partial charge < -0.3 is 20.5 Å². The number of primary amides is 1. The van der Waals surface area contributed by atoms with Crippen molar-refractivity contribution in [1.29, 1.82) is 0 Å². The Morgan fingerprint density at radius 2 is 2.26 bits per heavy atom. The number of amides is 1. The van der Waals surface area contributed by atoms with Gasteiger partial charge >= 0.3 is 0 Å². The first-order chi connectivity index (χ1) is 10.9. The minimum absolute atomic E-state index is 0.459. The Balaban J connectivity index is 2.16. The van der Waals surface area contributed by atoms with E-state index < -0.39 is 17.9 Å². The number of nitrogens with two attached hydrogens (primary N) is 1. The number of carbonyl (C=O) groups excluding carboxylic acids is 1. The molecule has 0 heterocycles. The summed E-state index contributed by atoms with van der Waals surface area (Å²) in [6.07, 6.45) is -0.281. The molecule has 6 nitrogen and oxygen atoms in total. The lowest BCUT2D eigenvalue weighted by Crippen LogP contribution is -2.28. The first-order valence-corrected chi connectivity index (χ1v) is 7.88. The van der Waals surface area contributed by atoms with Gasteiger partial charge in [0.05, 0.1) is 24.3 Å². The molecule has 1 aromatic carbocycles. The van der Waals surface area contributed by atoms with E-state index in [4.69, 9.17) is 10.5 Å². The van der Waals surface area contributed by atoms with Gasteiger partial charge in [-0.3, -0.25) is 4.79 Å². The van der Waals surface area contributed by atoms with E-state index in [-0.39, 0.29) is 0 Å². The highest BCUT2D eigenvalue weighted by Crippen LogP contribution is 2.35. The van der Waals surface area contributed by atoms with Crippen LogP contribution in [0.1, 0.15) is 30.9 Å². The quantitative estimate of drug-likeness (QED) is 0.468. The molecule has 0 aromatic heterocycles. The third kappa shape index (κ3) is 4.09. The van der Waals surface area contributed by atoms with E-state index >= 15 is 0 Å². The topological polar surface area (TPSA) is 88.1 Å². The van der Waals surface area contributed by atoms with E-state index in [2.05, 4.69) is 4.99 Å². The minimum atomic E-state index is -0.739. The summed E-state index contributed by atoms with van der Waals surface area (Å²) in [5.74, 6) is -0.280. The Morgan fingerprint density at radius 3 is 2.91 bits per heavy atom. The van der Waals surface area contributed by atoms with Gasteiger partial charge in [-0.2, -0.15) is 0 Å². The molecule has 6 heteroatoms. The summed E-state index contributed by atoms with van der Waals surface area (Å²) in [6.45, 7) is 6.01. The third-order valence-corrected chi connectivity index (χ3v) is 4.20. The number of aliphatic hydroxyl groups excluding tert-OH is 1. The van der Waals surface area contributed by atoms with Gasteiger partial charge in [-0.25, -0.2) is 4.99 Å². The number of likely N-dealkylation sites (N-methyl/N-ethyl adjacent to an activating group) is 1. The molecule has 0 fully saturated rings. The standard InChI is InChI=1S/C17H25N3O3/c1-4-23-8-7-20(3)11(2)19-13-6-5-12-9-15(21)16(17(18)22)14(12)10-13/h5-6,10,15-16,21H,4,7-9H2,1-3H3,(H2,18,22). The predicted octanol–water partition coefficient (Wildman–Crippen LogP) is 1.19. The molecule has 0 saturated heterocycles. The number of ether oxygens (including phenoxy) is 1. The van der Waals surface area contributed by atoms with Crippen molar-refractivity contribution < 1.29 is 14.6 Å². The van der Waals surface area contributed by atoms with Crippen molar-refractivity contribution in [2.24, 2.45) is 10.7 Å². The first kappa shape index (κ1) is 17.4. The second-order valence-electron chi connectivity index (χ2n) is 5.81. The van der Waals surface area contributed by atoms with Gasteiger partial charge in [-0.05, 0) is 43.5 Å². The van der Waals surface area contributed by atoms with Crippen molar-refractivity contribution in [2.75, 3.05) is 26.8 Å². The lowest BCUT2D eigenvalue weighted by Gasteiger charge is -2.18. The molecule has 0 bridgehead atoms. The second kappa shape index (κ2) is 7.57. The summed E-state index contributed by atoms with van der Waals surface area (Å²) in [4.78, 5) is 18.2. The van der Waals surface area contributed by atoms with Crippen LogP contribution in [-0.4, -0.2) is 54.7 Å². The van der Waals surface area contributed by atoms with Crippen LogP contribution >= 0.6 is 0 Å². The summed E-state index contributed by atoms with van der Waals surface area (Å²) in [5.41, 5.74) is 7.92. The Bertz CT molecular complexity index is 601. The number of hydrogen-bond acceptors (Lipinski definition) is 4. The number of hydrogen-bond donors (Lipinski definition) is 2. The highest BCUT2D eigenvalue weighted by Gasteiger charge is 2.35. The number of aliphatic hydroxyl groups is 1. The van der Waals surface area contributed by atoms with Gasteiger partial charge in [0.15, 0.2) is 0 Å². The monoisotopic (exact) mass is 319 g/mol. The molecule has 2 atom stereocenters. The number of rotatable bonds is 6. The zero-order chi connectivity index (χ0) is 17.0. The van der Waals surface area contributed by atoms with Gasteiger partial charge in [0.2, 0.25) is 5.91 Å². The minimum Gasteiger partial charge on any atom is -0.392 e. The fourth-order valence-electron chi connectivity index (χ4n) is 2.80. The van der Waals surface area contributed by atoms with E-state index in [1.54, 1.807) is 0 Å². The van der Waals surface area contributed by atoms with Gasteiger partial charge in [-0.15, -0.1) is 0 Å². The summed E-state index contributed by atoms with van der Waals surface area (Å²) in [5, 5.41) is 10.0. The van der Waals surface area contributed by atoms with E-state index in [9.17, 15) is 9.90 Å². The van der Waals surface area contributed by atoms with Crippen LogP contribution in [0.3, 0.4) is 0 Å². The molecule has 0 radical (unpaired) electrons. The highest BCUT2D eigenvalue weighted by molar-refractivity contribution is 5.85. The summed E-state index contributed by atoms with van der Waals surface area (Å²) in [7, 11) is 1.96. The smallest absolute Gasteiger partial charge is 0.227 e. The molecule has 2 rings (SSSR count). The molecule has 1 aliphatic carbocycles. The van der Waals surface area contributed by atoms with Gasteiger partial charge in [0, 0.05) is 20.2 Å². The molecule has 126 valence electrons. The predicted molar refractivity (Wildman–Crippen MR) is 90.0 cm³/mol. The van der Waals surface area contributed by atoms with Crippen molar-refractivity contribution >= 4 is 17.4 Å². The summed E-state index contributed by atoms with van der Waals surface area (Å²) < 4.78 is 5.34. The van der Waals surface area contributed by atoms with Crippen molar-refractivity contribution in [1.82, 2.24) is 4.90 Å². The van der Waals surface area contributed by atoms with Crippen LogP contribution in [0.2, 0.25) is 0 Å². The molecule has 0 aliphatic heterocycles. The van der Waals surface area contributed by atoms with Crippen molar-refractivity contribution in [3.05, 3.63) is 29.3 Å². The van der Waals surface area contributed by atoms with E-state index in [0.717, 1.165) is 29.2 Å². The average molecular weight is 319 g/mol. The van der Waals surface area contributed by atoms with Crippen molar-refractivity contribution in [2.45, 2.75) is 32.3 Å². The number of benzene rings is 1. The maximum atomic E-state index is 11.6. The number of fused-ring (bicyclic) bond motifs is 1. The Kier molecular flexibility index (Phi) is 5.74. The molecule has 1 aliphatic rings. The highest BCUT2D eigenvalue weighted by atomic mass is 16.5. The lowest BCUT2D eigenvalue weighted by molar-refractivity contribution is -0.121. The number of carbonyl (C=O) groups is 1. The van der Waals surface area contributed by atoms with Crippen LogP contribution in [0.15, 0.2) is 23.2 Å². The number of aliphatic imine (C=N–C) groups is 1. The van der Waals surface area contributed by atoms with Crippen LogP contribution in [0, 0.1) is 0 Å². The molecule has 1 aromatic rings. The molecular formula is C17H25N3O3. The average Bonchev–Trinajstić information content (AvgIpc) is 2.82. The number of nitrogens with zero attached hydrogens (tertiary/aromatic N) is 2. The molecule has 0 spiro atoms. The maximum absolute atomic E-state index is 11.6. The molecule has 0 saturated carbocycles. The number of amidine groups is 1. The van der Waals surface area contributed by atoms with Gasteiger partial charge in [-0.1, -0.05) is 6.07 Å². The van der Waals surface area contributed by atoms with Crippen LogP contribution in [0.5, 0.6) is 0 Å². The summed E-state index contributed by atoms with van der Waals surface area (Å²) >= 11 is 0. The second-order valence-corrected chi connectivity index (χ2v) is 5.81. The first-order valence-electron chi connectivity index (χ1n) is 7.88. The largest absolute Gasteiger partial charge is 0.392 e. The zero-order valence-electron chi connectivity index (χ0n) is 14.0. The molecule has 2 unspecified atom stereocenters. The third-order valence-electron chi connectivity index (χ3n) is 4.20. The molecule has 3 N–H and O–H groups in total. The van der Waals surface area contributed by atoms with Crippen molar-refractivity contribution in [3.63, 3.8) is 0 Å². The fraction of sp³-hybridized carbons (Fsp3) is 0.529. The molecule has 23 heavy (non-hydrogen) atoms. The maximum Gasteiger partial charge on any atom is 0.227 e. The van der Waals surface area contributed by atoms with E-state index in [1.165, 1.54) is 0 Å². The van der Waals surface area contributed by atoms with Gasteiger partial charge in [0.1, 0.15) is 5.84 Å². The Labute approximate surface area is 137 Å². The Morgan fingerprint density at radius 1 is 1.52 bits per heavy atom. The summed E-state index contributed by atoms with van der Waals surface area (Å²) in [6, 6.07) is 5.66. The lowest BCUT2D eigenvalue weighted by atomic mass is 9.99. The van der Waals surface area contributed by atoms with Crippen LogP contribution in [-0.2, 0) is 16.0 Å². The van der Waals surface area contributed by atoms with Crippen LogP contribution in [0.4, 0.5) is 5.69 Å². The zero-order valence-corrected chi connectivity index (χ0v) is 14.0. The molecule has 1 amide bonds. The fourth-order valence-corrected chi connectivity index (χ4v) is 2.80. The van der Waals surface area contributed by atoms with Crippen LogP contribution < -0.4 is 5.73 Å². The Hall–Kier alpha value is -1.92. The van der Waals surface area contributed by atoms with E-state index in [1.807, 2.05) is 44.0 Å². The normalized spacial score (nSPS) is 20.4.